The van der Waals surface area contributed by atoms with Gasteiger partial charge >= 0.3 is 0 Å². The first-order chi connectivity index (χ1) is 8.49. The number of hydrogen-bond donors (Lipinski definition) is 1. The SMILES string of the molecule is CC1CN(C(=O)c2cc(F)c(Br)cc2F)CCN1. The van der Waals surface area contributed by atoms with Crippen LogP contribution in [0.1, 0.15) is 17.3 Å². The Morgan fingerprint density at radius 1 is 1.44 bits per heavy atom. The highest BCUT2D eigenvalue weighted by atomic mass is 79.9. The van der Waals surface area contributed by atoms with Crippen LogP contribution in [0.15, 0.2) is 16.6 Å². The van der Waals surface area contributed by atoms with Gasteiger partial charge in [0.05, 0.1) is 10.0 Å². The maximum Gasteiger partial charge on any atom is 0.257 e. The molecule has 0 bridgehead atoms. The van der Waals surface area contributed by atoms with Crippen molar-refractivity contribution in [1.82, 2.24) is 10.2 Å². The number of nitrogens with one attached hydrogen (secondary N) is 1. The number of hydrogen-bond acceptors (Lipinski definition) is 2. The van der Waals surface area contributed by atoms with Crippen LogP contribution in [0, 0.1) is 11.6 Å². The summed E-state index contributed by atoms with van der Waals surface area (Å²) in [4.78, 5) is 13.6. The molecule has 98 valence electrons. The van der Waals surface area contributed by atoms with Gasteiger partial charge in [-0.3, -0.25) is 4.79 Å². The van der Waals surface area contributed by atoms with Crippen molar-refractivity contribution >= 4 is 21.8 Å². The third-order valence-corrected chi connectivity index (χ3v) is 3.50. The molecule has 1 atom stereocenters. The number of amides is 1. The van der Waals surface area contributed by atoms with Gasteiger partial charge in [-0.1, -0.05) is 0 Å². The van der Waals surface area contributed by atoms with Gasteiger partial charge in [0.2, 0.25) is 0 Å². The predicted octanol–water partition coefficient (Wildman–Crippen LogP) is 2.16. The van der Waals surface area contributed by atoms with Gasteiger partial charge < -0.3 is 10.2 Å². The Balaban J connectivity index is 2.25. The van der Waals surface area contributed by atoms with Crippen LogP contribution in [0.25, 0.3) is 0 Å². The second-order valence-corrected chi connectivity index (χ2v) is 5.21. The number of carbonyl (C=O) groups excluding carboxylic acids is 1. The van der Waals surface area contributed by atoms with Crippen molar-refractivity contribution in [2.75, 3.05) is 19.6 Å². The zero-order valence-electron chi connectivity index (χ0n) is 9.84. The lowest BCUT2D eigenvalue weighted by Gasteiger charge is -2.32. The molecule has 3 nitrogen and oxygen atoms in total. The van der Waals surface area contributed by atoms with E-state index in [2.05, 4.69) is 21.2 Å². The summed E-state index contributed by atoms with van der Waals surface area (Å²) < 4.78 is 27.1. The van der Waals surface area contributed by atoms with Gasteiger partial charge in [0.1, 0.15) is 11.6 Å². The molecule has 1 aromatic rings. The molecule has 1 saturated heterocycles. The summed E-state index contributed by atoms with van der Waals surface area (Å²) in [6.07, 6.45) is 0. The van der Waals surface area contributed by atoms with E-state index in [4.69, 9.17) is 0 Å². The molecule has 2 rings (SSSR count). The molecule has 1 N–H and O–H groups in total. The summed E-state index contributed by atoms with van der Waals surface area (Å²) in [7, 11) is 0. The molecule has 0 aromatic heterocycles. The first kappa shape index (κ1) is 13.4. The van der Waals surface area contributed by atoms with Crippen molar-refractivity contribution in [2.45, 2.75) is 13.0 Å². The van der Waals surface area contributed by atoms with E-state index in [-0.39, 0.29) is 16.1 Å². The van der Waals surface area contributed by atoms with Gasteiger partial charge in [-0.2, -0.15) is 0 Å². The fourth-order valence-corrected chi connectivity index (χ4v) is 2.29. The Kier molecular flexibility index (Phi) is 3.97. The second-order valence-electron chi connectivity index (χ2n) is 4.35. The van der Waals surface area contributed by atoms with Crippen molar-refractivity contribution in [3.05, 3.63) is 33.8 Å². The zero-order valence-corrected chi connectivity index (χ0v) is 11.4. The van der Waals surface area contributed by atoms with Gasteiger partial charge in [0.15, 0.2) is 0 Å². The molecule has 0 saturated carbocycles. The van der Waals surface area contributed by atoms with Crippen LogP contribution in [0.2, 0.25) is 0 Å². The Morgan fingerprint density at radius 2 is 2.17 bits per heavy atom. The topological polar surface area (TPSA) is 32.3 Å². The summed E-state index contributed by atoms with van der Waals surface area (Å²) in [5, 5.41) is 3.18. The fraction of sp³-hybridized carbons (Fsp3) is 0.417. The van der Waals surface area contributed by atoms with Crippen LogP contribution in [0.4, 0.5) is 8.78 Å². The van der Waals surface area contributed by atoms with Gasteiger partial charge in [-0.15, -0.1) is 0 Å². The van der Waals surface area contributed by atoms with Crippen LogP contribution >= 0.6 is 15.9 Å². The lowest BCUT2D eigenvalue weighted by atomic mass is 10.1. The first-order valence-corrected chi connectivity index (χ1v) is 6.45. The molecule has 1 amide bonds. The highest BCUT2D eigenvalue weighted by Crippen LogP contribution is 2.21. The Hall–Kier alpha value is -1.01. The molecule has 0 radical (unpaired) electrons. The van der Waals surface area contributed by atoms with Crippen LogP contribution in [0.3, 0.4) is 0 Å². The van der Waals surface area contributed by atoms with E-state index >= 15 is 0 Å². The lowest BCUT2D eigenvalue weighted by Crippen LogP contribution is -2.51. The third-order valence-electron chi connectivity index (χ3n) is 2.90. The van der Waals surface area contributed by atoms with E-state index in [0.717, 1.165) is 12.1 Å². The minimum atomic E-state index is -0.709. The summed E-state index contributed by atoms with van der Waals surface area (Å²) >= 11 is 2.88. The predicted molar refractivity (Wildman–Crippen MR) is 67.4 cm³/mol. The smallest absolute Gasteiger partial charge is 0.257 e. The van der Waals surface area contributed by atoms with Gasteiger partial charge in [-0.25, -0.2) is 8.78 Å². The number of halogens is 3. The van der Waals surface area contributed by atoms with Crippen molar-refractivity contribution in [3.63, 3.8) is 0 Å². The molecule has 1 aliphatic rings. The zero-order chi connectivity index (χ0) is 13.3. The maximum atomic E-state index is 13.7. The quantitative estimate of drug-likeness (QED) is 0.805. The monoisotopic (exact) mass is 318 g/mol. The number of benzene rings is 1. The van der Waals surface area contributed by atoms with Crippen molar-refractivity contribution in [3.8, 4) is 0 Å². The second kappa shape index (κ2) is 5.32. The Labute approximate surface area is 112 Å². The van der Waals surface area contributed by atoms with E-state index in [1.807, 2.05) is 6.92 Å². The minimum absolute atomic E-state index is 0.0187. The van der Waals surface area contributed by atoms with Crippen molar-refractivity contribution in [1.29, 1.82) is 0 Å². The minimum Gasteiger partial charge on any atom is -0.336 e. The number of rotatable bonds is 1. The number of piperazine rings is 1. The van der Waals surface area contributed by atoms with E-state index in [1.165, 1.54) is 4.90 Å². The summed E-state index contributed by atoms with van der Waals surface area (Å²) in [5.41, 5.74) is -0.218. The van der Waals surface area contributed by atoms with E-state index in [9.17, 15) is 13.6 Å². The van der Waals surface area contributed by atoms with E-state index in [0.29, 0.717) is 19.6 Å². The molecule has 0 spiro atoms. The largest absolute Gasteiger partial charge is 0.336 e. The normalized spacial score (nSPS) is 20.0. The van der Waals surface area contributed by atoms with Crippen LogP contribution in [-0.4, -0.2) is 36.5 Å². The molecule has 1 fully saturated rings. The maximum absolute atomic E-state index is 13.7. The molecule has 1 unspecified atom stereocenters. The van der Waals surface area contributed by atoms with Gasteiger partial charge in [0, 0.05) is 25.7 Å². The molecular weight excluding hydrogens is 306 g/mol. The first-order valence-electron chi connectivity index (χ1n) is 5.66. The van der Waals surface area contributed by atoms with Crippen molar-refractivity contribution in [2.24, 2.45) is 0 Å². The van der Waals surface area contributed by atoms with Crippen LogP contribution in [-0.2, 0) is 0 Å². The third kappa shape index (κ3) is 2.70. The summed E-state index contributed by atoms with van der Waals surface area (Å²) in [5.74, 6) is -1.81. The summed E-state index contributed by atoms with van der Waals surface area (Å²) in [6.45, 7) is 3.60. The molecule has 1 aliphatic heterocycles. The van der Waals surface area contributed by atoms with Crippen molar-refractivity contribution < 1.29 is 13.6 Å². The Bertz CT molecular complexity index is 481. The highest BCUT2D eigenvalue weighted by molar-refractivity contribution is 9.10. The molecule has 18 heavy (non-hydrogen) atoms. The summed E-state index contributed by atoms with van der Waals surface area (Å²) in [6, 6.07) is 2.08. The molecule has 6 heteroatoms. The van der Waals surface area contributed by atoms with Crippen LogP contribution in [0.5, 0.6) is 0 Å². The lowest BCUT2D eigenvalue weighted by molar-refractivity contribution is 0.0703. The van der Waals surface area contributed by atoms with E-state index in [1.54, 1.807) is 0 Å². The van der Waals surface area contributed by atoms with E-state index < -0.39 is 17.5 Å². The number of carbonyl (C=O) groups is 1. The highest BCUT2D eigenvalue weighted by Gasteiger charge is 2.24. The van der Waals surface area contributed by atoms with Gasteiger partial charge in [0.25, 0.3) is 5.91 Å². The van der Waals surface area contributed by atoms with Crippen LogP contribution < -0.4 is 5.32 Å². The molecular formula is C12H13BrF2N2O. The average Bonchev–Trinajstić information content (AvgIpc) is 2.33. The molecule has 1 aromatic carbocycles. The molecule has 1 heterocycles. The average molecular weight is 319 g/mol. The number of nitrogens with zero attached hydrogens (tertiary/aromatic N) is 1. The molecule has 0 aliphatic carbocycles. The van der Waals surface area contributed by atoms with Gasteiger partial charge in [-0.05, 0) is 35.0 Å². The fourth-order valence-electron chi connectivity index (χ4n) is 1.97. The standard InChI is InChI=1S/C12H13BrF2N2O/c1-7-6-17(3-2-16-7)12(18)8-4-11(15)9(13)5-10(8)14/h4-5,7,16H,2-3,6H2,1H3. The Morgan fingerprint density at radius 3 is 2.83 bits per heavy atom.